The number of rotatable bonds is 7. The Kier molecular flexibility index (Phi) is 6.06. The quantitative estimate of drug-likeness (QED) is 0.794. The van der Waals surface area contributed by atoms with E-state index in [2.05, 4.69) is 5.48 Å². The third-order valence-corrected chi connectivity index (χ3v) is 3.71. The Morgan fingerprint density at radius 2 is 1.48 bits per heavy atom. The predicted octanol–water partition coefficient (Wildman–Crippen LogP) is 3.56. The Bertz CT molecular complexity index is 640. The molecule has 0 saturated carbocycles. The summed E-state index contributed by atoms with van der Waals surface area (Å²) in [5.41, 5.74) is 4.58. The first kappa shape index (κ1) is 16.9. The summed E-state index contributed by atoms with van der Waals surface area (Å²) in [5, 5.41) is 0. The second kappa shape index (κ2) is 8.25. The molecule has 0 bridgehead atoms. The van der Waals surface area contributed by atoms with Gasteiger partial charge in [-0.1, -0.05) is 60.7 Å². The number of Topliss-reactive ketones (excluding diaryl/α,β-unsaturated/α-hetero) is 1. The number of hydrogen-bond acceptors (Lipinski definition) is 4. The lowest BCUT2D eigenvalue weighted by Gasteiger charge is -2.16. The van der Waals surface area contributed by atoms with Crippen LogP contribution in [0.1, 0.15) is 43.4 Å². The molecule has 0 fully saturated rings. The first-order valence-electron chi connectivity index (χ1n) is 7.63. The minimum Gasteiger partial charge on any atom is -0.370 e. The molecule has 0 radical (unpaired) electrons. The van der Waals surface area contributed by atoms with Crippen LogP contribution in [0, 0.1) is 0 Å². The normalized spacial score (nSPS) is 13.1. The highest BCUT2D eigenvalue weighted by molar-refractivity contribution is 5.87. The number of hydrogen-bond donors (Lipinski definition) is 1. The largest absolute Gasteiger partial charge is 0.370 e. The van der Waals surface area contributed by atoms with Crippen LogP contribution in [-0.2, 0) is 14.4 Å². The van der Waals surface area contributed by atoms with Crippen molar-refractivity contribution in [1.29, 1.82) is 0 Å². The van der Waals surface area contributed by atoms with Crippen LogP contribution in [-0.4, -0.2) is 11.8 Å². The second-order valence-electron chi connectivity index (χ2n) is 5.50. The van der Waals surface area contributed by atoms with E-state index in [1.807, 2.05) is 67.6 Å². The Balaban J connectivity index is 1.91. The van der Waals surface area contributed by atoms with Gasteiger partial charge in [-0.05, 0) is 25.0 Å². The Morgan fingerprint density at radius 3 is 2.00 bits per heavy atom. The van der Waals surface area contributed by atoms with Crippen molar-refractivity contribution in [2.24, 2.45) is 0 Å². The third-order valence-electron chi connectivity index (χ3n) is 3.71. The summed E-state index contributed by atoms with van der Waals surface area (Å²) in [5.74, 6) is -0.973. The average molecular weight is 311 g/mol. The van der Waals surface area contributed by atoms with Crippen molar-refractivity contribution in [3.05, 3.63) is 71.8 Å². The molecule has 0 saturated heterocycles. The molecule has 0 aliphatic heterocycles. The zero-order valence-electron chi connectivity index (χ0n) is 13.4. The van der Waals surface area contributed by atoms with E-state index in [-0.39, 0.29) is 18.2 Å². The Hall–Kier alpha value is -2.46. The van der Waals surface area contributed by atoms with E-state index in [4.69, 9.17) is 4.84 Å². The molecule has 0 aromatic heterocycles. The van der Waals surface area contributed by atoms with Crippen molar-refractivity contribution in [1.82, 2.24) is 5.48 Å². The van der Waals surface area contributed by atoms with Crippen LogP contribution in [0.15, 0.2) is 60.7 Å². The molecule has 4 nitrogen and oxygen atoms in total. The zero-order chi connectivity index (χ0) is 16.7. The molecule has 0 heterocycles. The number of nitrogens with one attached hydrogen (secondary N) is 1. The molecule has 2 atom stereocenters. The number of carbonyl (C=O) groups is 2. The maximum absolute atomic E-state index is 12.0. The van der Waals surface area contributed by atoms with E-state index in [1.54, 1.807) is 0 Å². The molecule has 0 aliphatic carbocycles. The molecule has 1 N–H and O–H groups in total. The number of benzene rings is 2. The Morgan fingerprint density at radius 1 is 0.957 bits per heavy atom. The van der Waals surface area contributed by atoms with Crippen molar-refractivity contribution in [2.75, 3.05) is 0 Å². The number of hydroxylamine groups is 1. The van der Waals surface area contributed by atoms with Crippen LogP contribution in [0.3, 0.4) is 0 Å². The van der Waals surface area contributed by atoms with Gasteiger partial charge in [-0.15, -0.1) is 5.48 Å². The van der Waals surface area contributed by atoms with Gasteiger partial charge in [-0.2, -0.15) is 0 Å². The van der Waals surface area contributed by atoms with E-state index in [1.165, 1.54) is 6.92 Å². The highest BCUT2D eigenvalue weighted by atomic mass is 16.7. The number of ketones is 1. The van der Waals surface area contributed by atoms with Gasteiger partial charge in [-0.3, -0.25) is 9.59 Å². The monoisotopic (exact) mass is 311 g/mol. The summed E-state index contributed by atoms with van der Waals surface area (Å²) >= 11 is 0. The minimum atomic E-state index is -0.475. The highest BCUT2D eigenvalue weighted by Crippen LogP contribution is 2.21. The van der Waals surface area contributed by atoms with Gasteiger partial charge < -0.3 is 4.84 Å². The molecule has 120 valence electrons. The number of carbonyl (C=O) groups excluding carboxylic acids is 2. The molecule has 2 aromatic carbocycles. The summed E-state index contributed by atoms with van der Waals surface area (Å²) in [6, 6.07) is 18.8. The van der Waals surface area contributed by atoms with Gasteiger partial charge in [0.15, 0.2) is 0 Å². The lowest BCUT2D eigenvalue weighted by molar-refractivity contribution is -0.154. The summed E-state index contributed by atoms with van der Waals surface area (Å²) in [4.78, 5) is 29.0. The second-order valence-corrected chi connectivity index (χ2v) is 5.50. The van der Waals surface area contributed by atoms with Crippen LogP contribution >= 0.6 is 0 Å². The molecule has 2 unspecified atom stereocenters. The van der Waals surface area contributed by atoms with Gasteiger partial charge in [0.05, 0.1) is 18.4 Å². The molecule has 4 heteroatoms. The van der Waals surface area contributed by atoms with Crippen LogP contribution in [0.5, 0.6) is 0 Å². The lowest BCUT2D eigenvalue weighted by atomic mass is 9.92. The van der Waals surface area contributed by atoms with E-state index < -0.39 is 11.9 Å². The van der Waals surface area contributed by atoms with E-state index in [0.717, 1.165) is 11.1 Å². The average Bonchev–Trinajstić information content (AvgIpc) is 2.58. The van der Waals surface area contributed by atoms with Gasteiger partial charge in [0.1, 0.15) is 5.78 Å². The maximum atomic E-state index is 12.0. The van der Waals surface area contributed by atoms with Crippen LogP contribution in [0.25, 0.3) is 0 Å². The molecule has 0 spiro atoms. The molecule has 23 heavy (non-hydrogen) atoms. The highest BCUT2D eigenvalue weighted by Gasteiger charge is 2.21. The van der Waals surface area contributed by atoms with Crippen molar-refractivity contribution in [3.8, 4) is 0 Å². The van der Waals surface area contributed by atoms with Crippen molar-refractivity contribution >= 4 is 11.8 Å². The summed E-state index contributed by atoms with van der Waals surface area (Å²) < 4.78 is 0. The molecular weight excluding hydrogens is 290 g/mol. The standard InChI is InChI=1S/C19H21NO3/c1-14(16-9-5-3-6-10-16)20-23-19(22)13-18(15(2)21)17-11-7-4-8-12-17/h3-12,14,18,20H,13H2,1-2H3. The van der Waals surface area contributed by atoms with Crippen LogP contribution < -0.4 is 5.48 Å². The van der Waals surface area contributed by atoms with Gasteiger partial charge in [-0.25, -0.2) is 0 Å². The van der Waals surface area contributed by atoms with E-state index in [9.17, 15) is 9.59 Å². The third kappa shape index (κ3) is 5.04. The minimum absolute atomic E-state index is 0.0217. The van der Waals surface area contributed by atoms with E-state index in [0.29, 0.717) is 0 Å². The lowest BCUT2D eigenvalue weighted by Crippen LogP contribution is -2.25. The van der Waals surface area contributed by atoms with Crippen molar-refractivity contribution in [2.45, 2.75) is 32.2 Å². The van der Waals surface area contributed by atoms with Crippen LogP contribution in [0.4, 0.5) is 0 Å². The molecule has 0 amide bonds. The predicted molar refractivity (Wildman–Crippen MR) is 88.6 cm³/mol. The summed E-state index contributed by atoms with van der Waals surface area (Å²) in [6.07, 6.45) is 0.0217. The molecule has 2 rings (SSSR count). The van der Waals surface area contributed by atoms with Gasteiger partial charge in [0.25, 0.3) is 0 Å². The molecule has 2 aromatic rings. The smallest absolute Gasteiger partial charge is 0.325 e. The van der Waals surface area contributed by atoms with Crippen molar-refractivity contribution < 1.29 is 14.4 Å². The van der Waals surface area contributed by atoms with Crippen LogP contribution in [0.2, 0.25) is 0 Å². The van der Waals surface area contributed by atoms with Gasteiger partial charge in [0.2, 0.25) is 0 Å². The maximum Gasteiger partial charge on any atom is 0.325 e. The first-order valence-corrected chi connectivity index (χ1v) is 7.63. The molecule has 0 aliphatic rings. The summed E-state index contributed by atoms with van der Waals surface area (Å²) in [7, 11) is 0. The summed E-state index contributed by atoms with van der Waals surface area (Å²) in [6.45, 7) is 3.40. The molecular formula is C19H21NO3. The fourth-order valence-corrected chi connectivity index (χ4v) is 2.35. The fraction of sp³-hybridized carbons (Fsp3) is 0.263. The SMILES string of the molecule is CC(=O)C(CC(=O)ONC(C)c1ccccc1)c1ccccc1. The first-order chi connectivity index (χ1) is 11.1. The fourth-order valence-electron chi connectivity index (χ4n) is 2.35. The van der Waals surface area contributed by atoms with Crippen molar-refractivity contribution in [3.63, 3.8) is 0 Å². The van der Waals surface area contributed by atoms with Gasteiger partial charge >= 0.3 is 5.97 Å². The van der Waals surface area contributed by atoms with Gasteiger partial charge in [0, 0.05) is 0 Å². The zero-order valence-corrected chi connectivity index (χ0v) is 13.4. The van der Waals surface area contributed by atoms with E-state index >= 15 is 0 Å². The topological polar surface area (TPSA) is 55.4 Å². The Labute approximate surface area is 136 Å².